The Morgan fingerprint density at radius 1 is 1.24 bits per heavy atom. The molecule has 0 amide bonds. The minimum absolute atomic E-state index is 0.489. The molecule has 2 aliphatic rings. The van der Waals surface area contributed by atoms with E-state index in [2.05, 4.69) is 24.4 Å². The van der Waals surface area contributed by atoms with Crippen molar-refractivity contribution in [3.63, 3.8) is 0 Å². The van der Waals surface area contributed by atoms with Crippen LogP contribution in [0.15, 0.2) is 12.1 Å². The fourth-order valence-electron chi connectivity index (χ4n) is 3.10. The zero-order valence-corrected chi connectivity index (χ0v) is 10.6. The molecule has 1 aromatic rings. The first-order valence-corrected chi connectivity index (χ1v) is 6.90. The molecule has 1 N–H and O–H groups in total. The van der Waals surface area contributed by atoms with Gasteiger partial charge in [0.25, 0.3) is 0 Å². The van der Waals surface area contributed by atoms with Crippen LogP contribution in [0.4, 0.5) is 0 Å². The smallest absolute Gasteiger partial charge is 0.124 e. The summed E-state index contributed by atoms with van der Waals surface area (Å²) in [5.41, 5.74) is 4.46. The molecule has 2 heteroatoms. The van der Waals surface area contributed by atoms with E-state index in [-0.39, 0.29) is 0 Å². The monoisotopic (exact) mass is 231 g/mol. The first-order valence-electron chi connectivity index (χ1n) is 6.90. The van der Waals surface area contributed by atoms with Crippen molar-refractivity contribution >= 4 is 0 Å². The summed E-state index contributed by atoms with van der Waals surface area (Å²) in [6.07, 6.45) is 6.14. The van der Waals surface area contributed by atoms with Crippen LogP contribution in [-0.4, -0.2) is 13.2 Å². The molecule has 17 heavy (non-hydrogen) atoms. The highest BCUT2D eigenvalue weighted by Crippen LogP contribution is 2.36. The summed E-state index contributed by atoms with van der Waals surface area (Å²) in [5, 5.41) is 3.59. The minimum atomic E-state index is 0.489. The van der Waals surface area contributed by atoms with E-state index in [1.165, 1.54) is 36.8 Å². The first kappa shape index (κ1) is 11.1. The van der Waals surface area contributed by atoms with E-state index in [4.69, 9.17) is 4.74 Å². The molecule has 1 unspecified atom stereocenters. The standard InChI is InChI=1S/C15H21NO/c1-2-16-14-7-4-8-17-15-10-12-6-3-5-11(12)9-13(14)15/h9-10,14,16H,2-8H2,1H3. The molecular weight excluding hydrogens is 210 g/mol. The minimum Gasteiger partial charge on any atom is -0.493 e. The van der Waals surface area contributed by atoms with Gasteiger partial charge in [0.15, 0.2) is 0 Å². The van der Waals surface area contributed by atoms with Crippen molar-refractivity contribution in [1.82, 2.24) is 5.32 Å². The summed E-state index contributed by atoms with van der Waals surface area (Å²) in [5.74, 6) is 1.13. The van der Waals surface area contributed by atoms with E-state index in [9.17, 15) is 0 Å². The Labute approximate surface area is 103 Å². The van der Waals surface area contributed by atoms with Crippen molar-refractivity contribution in [2.75, 3.05) is 13.2 Å². The third-order valence-electron chi connectivity index (χ3n) is 3.94. The highest BCUT2D eigenvalue weighted by Gasteiger charge is 2.22. The molecule has 1 atom stereocenters. The van der Waals surface area contributed by atoms with Crippen LogP contribution in [0.25, 0.3) is 0 Å². The number of fused-ring (bicyclic) bond motifs is 2. The second-order valence-corrected chi connectivity index (χ2v) is 5.11. The predicted molar refractivity (Wildman–Crippen MR) is 69.6 cm³/mol. The maximum atomic E-state index is 5.91. The molecule has 1 aliphatic heterocycles. The number of aryl methyl sites for hydroxylation is 2. The van der Waals surface area contributed by atoms with Gasteiger partial charge in [-0.1, -0.05) is 13.0 Å². The third kappa shape index (κ3) is 2.06. The molecule has 2 nitrogen and oxygen atoms in total. The molecule has 1 aromatic carbocycles. The molecule has 0 fully saturated rings. The Bertz CT molecular complexity index is 414. The van der Waals surface area contributed by atoms with E-state index in [0.717, 1.165) is 25.3 Å². The third-order valence-corrected chi connectivity index (χ3v) is 3.94. The van der Waals surface area contributed by atoms with Crippen LogP contribution in [0.3, 0.4) is 0 Å². The van der Waals surface area contributed by atoms with Crippen molar-refractivity contribution in [1.29, 1.82) is 0 Å². The van der Waals surface area contributed by atoms with Gasteiger partial charge >= 0.3 is 0 Å². The van der Waals surface area contributed by atoms with E-state index < -0.39 is 0 Å². The lowest BCUT2D eigenvalue weighted by molar-refractivity contribution is 0.315. The lowest BCUT2D eigenvalue weighted by atomic mass is 9.97. The summed E-state index contributed by atoms with van der Waals surface area (Å²) in [4.78, 5) is 0. The molecule has 1 heterocycles. The predicted octanol–water partition coefficient (Wildman–Crippen LogP) is 3.00. The van der Waals surface area contributed by atoms with Gasteiger partial charge in [-0.05, 0) is 55.8 Å². The van der Waals surface area contributed by atoms with Crippen molar-refractivity contribution in [3.05, 3.63) is 28.8 Å². The Morgan fingerprint density at radius 3 is 2.88 bits per heavy atom. The van der Waals surface area contributed by atoms with Gasteiger partial charge in [-0.15, -0.1) is 0 Å². The van der Waals surface area contributed by atoms with Crippen LogP contribution in [-0.2, 0) is 12.8 Å². The molecule has 0 aromatic heterocycles. The van der Waals surface area contributed by atoms with Crippen molar-refractivity contribution in [2.45, 2.75) is 45.1 Å². The molecule has 0 bridgehead atoms. The van der Waals surface area contributed by atoms with Crippen LogP contribution < -0.4 is 10.1 Å². The number of benzene rings is 1. The number of nitrogens with one attached hydrogen (secondary N) is 1. The van der Waals surface area contributed by atoms with Crippen LogP contribution in [0.2, 0.25) is 0 Å². The topological polar surface area (TPSA) is 21.3 Å². The molecular formula is C15H21NO. The van der Waals surface area contributed by atoms with Crippen LogP contribution in [0.1, 0.15) is 48.9 Å². The lowest BCUT2D eigenvalue weighted by Gasteiger charge is -2.18. The number of rotatable bonds is 2. The van der Waals surface area contributed by atoms with Gasteiger partial charge in [-0.3, -0.25) is 0 Å². The molecule has 0 saturated carbocycles. The van der Waals surface area contributed by atoms with Gasteiger partial charge in [-0.2, -0.15) is 0 Å². The van der Waals surface area contributed by atoms with Crippen molar-refractivity contribution < 1.29 is 4.74 Å². The molecule has 0 spiro atoms. The van der Waals surface area contributed by atoms with Gasteiger partial charge in [-0.25, -0.2) is 0 Å². The number of ether oxygens (including phenoxy) is 1. The average Bonchev–Trinajstić information content (AvgIpc) is 2.70. The summed E-state index contributed by atoms with van der Waals surface area (Å²) in [6.45, 7) is 4.08. The molecule has 0 saturated heterocycles. The summed E-state index contributed by atoms with van der Waals surface area (Å²) in [7, 11) is 0. The summed E-state index contributed by atoms with van der Waals surface area (Å²) < 4.78 is 5.91. The lowest BCUT2D eigenvalue weighted by Crippen LogP contribution is -2.20. The largest absolute Gasteiger partial charge is 0.493 e. The second kappa shape index (κ2) is 4.69. The summed E-state index contributed by atoms with van der Waals surface area (Å²) in [6, 6.07) is 5.19. The molecule has 3 rings (SSSR count). The maximum Gasteiger partial charge on any atom is 0.124 e. The van der Waals surface area contributed by atoms with E-state index >= 15 is 0 Å². The van der Waals surface area contributed by atoms with Crippen molar-refractivity contribution in [2.24, 2.45) is 0 Å². The normalized spacial score (nSPS) is 22.5. The fourth-order valence-corrected chi connectivity index (χ4v) is 3.10. The Morgan fingerprint density at radius 2 is 2.06 bits per heavy atom. The quantitative estimate of drug-likeness (QED) is 0.845. The average molecular weight is 231 g/mol. The highest BCUT2D eigenvalue weighted by atomic mass is 16.5. The van der Waals surface area contributed by atoms with Gasteiger partial charge in [0, 0.05) is 11.6 Å². The van der Waals surface area contributed by atoms with E-state index in [0.29, 0.717) is 6.04 Å². The van der Waals surface area contributed by atoms with Gasteiger partial charge < -0.3 is 10.1 Å². The molecule has 92 valence electrons. The number of hydrogen-bond donors (Lipinski definition) is 1. The number of hydrogen-bond acceptors (Lipinski definition) is 2. The molecule has 0 radical (unpaired) electrons. The van der Waals surface area contributed by atoms with E-state index in [1.807, 2.05) is 0 Å². The van der Waals surface area contributed by atoms with Gasteiger partial charge in [0.05, 0.1) is 6.61 Å². The zero-order valence-electron chi connectivity index (χ0n) is 10.6. The Kier molecular flexibility index (Phi) is 3.06. The fraction of sp³-hybridized carbons (Fsp3) is 0.600. The summed E-state index contributed by atoms with van der Waals surface area (Å²) >= 11 is 0. The van der Waals surface area contributed by atoms with Gasteiger partial charge in [0.1, 0.15) is 5.75 Å². The Balaban J connectivity index is 2.00. The molecule has 1 aliphatic carbocycles. The Hall–Kier alpha value is -1.02. The van der Waals surface area contributed by atoms with E-state index in [1.54, 1.807) is 5.56 Å². The zero-order chi connectivity index (χ0) is 11.7. The van der Waals surface area contributed by atoms with Crippen LogP contribution in [0.5, 0.6) is 5.75 Å². The van der Waals surface area contributed by atoms with Crippen LogP contribution >= 0.6 is 0 Å². The van der Waals surface area contributed by atoms with Crippen molar-refractivity contribution in [3.8, 4) is 5.75 Å². The maximum absolute atomic E-state index is 5.91. The SMILES string of the molecule is CCNC1CCCOc2cc3c(cc21)CCC3. The highest BCUT2D eigenvalue weighted by molar-refractivity contribution is 5.46. The second-order valence-electron chi connectivity index (χ2n) is 5.11. The van der Waals surface area contributed by atoms with Gasteiger partial charge in [0.2, 0.25) is 0 Å². The van der Waals surface area contributed by atoms with Crippen LogP contribution in [0, 0.1) is 0 Å². The first-order chi connectivity index (χ1) is 8.38.